The van der Waals surface area contributed by atoms with Gasteiger partial charge in [-0.3, -0.25) is 19.3 Å². The van der Waals surface area contributed by atoms with E-state index in [0.717, 1.165) is 10.5 Å². The fourth-order valence-corrected chi connectivity index (χ4v) is 5.18. The van der Waals surface area contributed by atoms with Gasteiger partial charge in [-0.1, -0.05) is 55.4 Å². The first-order valence-corrected chi connectivity index (χ1v) is 16.5. The Hall–Kier alpha value is -3.32. The number of nitrogens with zero attached hydrogens (tertiary/aromatic N) is 2. The van der Waals surface area contributed by atoms with Crippen molar-refractivity contribution in [3.05, 3.63) is 70.1 Å². The molecule has 4 rings (SSSR count). The van der Waals surface area contributed by atoms with Crippen LogP contribution in [0.3, 0.4) is 0 Å². The Balaban J connectivity index is 1.72. The van der Waals surface area contributed by atoms with Crippen LogP contribution in [0.1, 0.15) is 34.8 Å². The van der Waals surface area contributed by atoms with Crippen LogP contribution in [-0.2, 0) is 22.7 Å². The number of aromatic nitrogens is 1. The summed E-state index contributed by atoms with van der Waals surface area (Å²) < 4.78 is 30.2. The van der Waals surface area contributed by atoms with Crippen LogP contribution < -0.4 is 5.32 Å². The molecular weight excluding hydrogens is 540 g/mol. The lowest BCUT2D eigenvalue weighted by atomic mass is 10.1. The minimum atomic E-state index is -1.64. The Morgan fingerprint density at radius 2 is 1.95 bits per heavy atom. The van der Waals surface area contributed by atoms with E-state index in [2.05, 4.69) is 36.4 Å². The molecule has 2 atom stereocenters. The maximum Gasteiger partial charge on any atom is 0.249 e. The highest BCUT2D eigenvalue weighted by atomic mass is 35.5. The molecule has 1 aliphatic heterocycles. The predicted octanol–water partition coefficient (Wildman–Crippen LogP) is 5.12. The lowest BCUT2D eigenvalue weighted by Gasteiger charge is -2.25. The van der Waals surface area contributed by atoms with Crippen LogP contribution in [0.4, 0.5) is 8.78 Å². The molecular formula is C29H30ClF2N3O3Si. The van der Waals surface area contributed by atoms with Gasteiger partial charge in [-0.25, -0.2) is 8.78 Å². The molecule has 0 spiro atoms. The molecule has 1 aliphatic rings. The van der Waals surface area contributed by atoms with Crippen LogP contribution in [0.5, 0.6) is 0 Å². The number of amides is 2. The van der Waals surface area contributed by atoms with Crippen LogP contribution in [-0.4, -0.2) is 53.9 Å². The van der Waals surface area contributed by atoms with Gasteiger partial charge in [0.05, 0.1) is 23.1 Å². The fourth-order valence-electron chi connectivity index (χ4n) is 4.47. The summed E-state index contributed by atoms with van der Waals surface area (Å²) in [5.41, 5.74) is 5.15. The van der Waals surface area contributed by atoms with Crippen molar-refractivity contribution in [2.24, 2.45) is 0 Å². The Labute approximate surface area is 232 Å². The number of carbonyl (C=O) groups is 3. The van der Waals surface area contributed by atoms with Crippen LogP contribution in [0.2, 0.25) is 24.7 Å². The Kier molecular flexibility index (Phi) is 8.40. The summed E-state index contributed by atoms with van der Waals surface area (Å²) >= 11 is 5.93. The lowest BCUT2D eigenvalue weighted by molar-refractivity contribution is -0.147. The summed E-state index contributed by atoms with van der Waals surface area (Å²) in [6.45, 7) is 7.16. The highest BCUT2D eigenvalue weighted by Crippen LogP contribution is 2.25. The van der Waals surface area contributed by atoms with E-state index in [9.17, 15) is 23.2 Å². The number of Topliss-reactive ketones (excluding diaryl/α,β-unsaturated/α-hetero) is 1. The third-order valence-corrected chi connectivity index (χ3v) is 7.62. The van der Waals surface area contributed by atoms with Crippen molar-refractivity contribution in [1.29, 1.82) is 0 Å². The van der Waals surface area contributed by atoms with E-state index < -0.39 is 37.9 Å². The van der Waals surface area contributed by atoms with Gasteiger partial charge in [0, 0.05) is 41.2 Å². The van der Waals surface area contributed by atoms with Crippen molar-refractivity contribution in [3.8, 4) is 11.5 Å². The topological polar surface area (TPSA) is 71.4 Å². The smallest absolute Gasteiger partial charge is 0.249 e. The number of hydrogen-bond acceptors (Lipinski definition) is 4. The van der Waals surface area contributed by atoms with Gasteiger partial charge in [-0.05, 0) is 25.1 Å². The van der Waals surface area contributed by atoms with Gasteiger partial charge in [0.2, 0.25) is 11.8 Å². The van der Waals surface area contributed by atoms with Crippen molar-refractivity contribution in [2.45, 2.75) is 58.3 Å². The summed E-state index contributed by atoms with van der Waals surface area (Å²) in [5.74, 6) is 1.00. The van der Waals surface area contributed by atoms with E-state index in [4.69, 9.17) is 11.6 Å². The molecule has 204 valence electrons. The molecule has 0 saturated carbocycles. The number of alkyl halides is 1. The summed E-state index contributed by atoms with van der Waals surface area (Å²) in [6.07, 6.45) is 0.274. The molecule has 1 aromatic heterocycles. The van der Waals surface area contributed by atoms with E-state index in [0.29, 0.717) is 16.5 Å². The first-order chi connectivity index (χ1) is 18.3. The first-order valence-electron chi connectivity index (χ1n) is 12.7. The van der Waals surface area contributed by atoms with Crippen LogP contribution >= 0.6 is 11.6 Å². The summed E-state index contributed by atoms with van der Waals surface area (Å²) in [6, 6.07) is 8.89. The molecule has 2 aromatic carbocycles. The summed E-state index contributed by atoms with van der Waals surface area (Å²) in [4.78, 5) is 40.3. The molecule has 3 aromatic rings. The van der Waals surface area contributed by atoms with E-state index in [1.165, 1.54) is 25.1 Å². The number of hydrogen-bond donors (Lipinski definition) is 1. The number of fused-ring (bicyclic) bond motifs is 1. The SMILES string of the molecule is CC(=O)c1cn(CC(=O)N(Cc2cccc(Cl)c2F)C(=O)C2CC(F)CN2)c2cc(C#C[Si](C)(C)C)ccc12. The Morgan fingerprint density at radius 1 is 1.21 bits per heavy atom. The third-order valence-electron chi connectivity index (χ3n) is 6.45. The average molecular weight is 570 g/mol. The van der Waals surface area contributed by atoms with Gasteiger partial charge in [0.15, 0.2) is 5.78 Å². The van der Waals surface area contributed by atoms with Gasteiger partial charge in [0.25, 0.3) is 0 Å². The van der Waals surface area contributed by atoms with E-state index in [1.807, 2.05) is 12.1 Å². The molecule has 1 fully saturated rings. The third kappa shape index (κ3) is 6.64. The van der Waals surface area contributed by atoms with Crippen LogP contribution in [0.15, 0.2) is 42.6 Å². The highest BCUT2D eigenvalue weighted by Gasteiger charge is 2.35. The second-order valence-corrected chi connectivity index (χ2v) is 15.9. The largest absolute Gasteiger partial charge is 0.337 e. The second-order valence-electron chi connectivity index (χ2n) is 10.8. The fraction of sp³-hybridized carbons (Fsp3) is 0.345. The molecule has 0 aliphatic carbocycles. The first kappa shape index (κ1) is 28.7. The normalized spacial score (nSPS) is 17.1. The molecule has 39 heavy (non-hydrogen) atoms. The average Bonchev–Trinajstić information content (AvgIpc) is 3.46. The van der Waals surface area contributed by atoms with Gasteiger partial charge in [-0.2, -0.15) is 0 Å². The number of nitrogens with one attached hydrogen (secondary N) is 1. The van der Waals surface area contributed by atoms with E-state index in [-0.39, 0.29) is 42.4 Å². The molecule has 2 unspecified atom stereocenters. The van der Waals surface area contributed by atoms with Crippen molar-refractivity contribution in [3.63, 3.8) is 0 Å². The summed E-state index contributed by atoms with van der Waals surface area (Å²) in [7, 11) is -1.64. The number of ketones is 1. The highest BCUT2D eigenvalue weighted by molar-refractivity contribution is 6.83. The molecule has 6 nitrogen and oxygen atoms in total. The minimum absolute atomic E-state index is 0.00456. The van der Waals surface area contributed by atoms with Crippen LogP contribution in [0.25, 0.3) is 10.9 Å². The Bertz CT molecular complexity index is 1520. The zero-order valence-corrected chi connectivity index (χ0v) is 24.0. The monoisotopic (exact) mass is 569 g/mol. The van der Waals surface area contributed by atoms with E-state index in [1.54, 1.807) is 16.8 Å². The van der Waals surface area contributed by atoms with Gasteiger partial charge in [-0.15, -0.1) is 5.54 Å². The maximum atomic E-state index is 14.7. The quantitative estimate of drug-likeness (QED) is 0.254. The van der Waals surface area contributed by atoms with Crippen molar-refractivity contribution in [2.75, 3.05) is 6.54 Å². The van der Waals surface area contributed by atoms with Crippen molar-refractivity contribution in [1.82, 2.24) is 14.8 Å². The standard InChI is InChI=1S/C29H30ClF2N3O3Si/c1-18(36)23-16-34(26-12-19(8-9-22(23)26)10-11-39(2,3)4)17-27(37)35(29(38)25-13-21(31)14-33-25)15-20-6-5-7-24(30)28(20)32/h5-9,12,16,21,25,33H,13-15,17H2,1-4H3. The zero-order chi connectivity index (χ0) is 28.5. The molecule has 10 heteroatoms. The van der Waals surface area contributed by atoms with Crippen molar-refractivity contribution < 1.29 is 23.2 Å². The molecule has 0 bridgehead atoms. The zero-order valence-electron chi connectivity index (χ0n) is 22.3. The number of imide groups is 1. The van der Waals surface area contributed by atoms with Gasteiger partial charge < -0.3 is 9.88 Å². The minimum Gasteiger partial charge on any atom is -0.337 e. The van der Waals surface area contributed by atoms with Gasteiger partial charge >= 0.3 is 0 Å². The molecule has 1 N–H and O–H groups in total. The molecule has 1 saturated heterocycles. The Morgan fingerprint density at radius 3 is 2.59 bits per heavy atom. The number of benzene rings is 2. The predicted molar refractivity (Wildman–Crippen MR) is 150 cm³/mol. The van der Waals surface area contributed by atoms with E-state index >= 15 is 0 Å². The molecule has 2 amide bonds. The number of halogens is 3. The maximum absolute atomic E-state index is 14.7. The number of rotatable bonds is 6. The molecule has 2 heterocycles. The molecule has 0 radical (unpaired) electrons. The summed E-state index contributed by atoms with van der Waals surface area (Å²) in [5, 5.41) is 3.32. The lowest BCUT2D eigenvalue weighted by Crippen LogP contribution is -2.47. The van der Waals surface area contributed by atoms with Crippen molar-refractivity contribution >= 4 is 48.2 Å². The number of carbonyl (C=O) groups excluding carboxylic acids is 3. The van der Waals surface area contributed by atoms with Gasteiger partial charge in [0.1, 0.15) is 26.6 Å². The van der Waals surface area contributed by atoms with Crippen LogP contribution in [0, 0.1) is 17.3 Å². The second kappa shape index (κ2) is 11.4.